The van der Waals surface area contributed by atoms with E-state index in [4.69, 9.17) is 5.73 Å². The van der Waals surface area contributed by atoms with Crippen molar-refractivity contribution in [3.05, 3.63) is 29.3 Å². The summed E-state index contributed by atoms with van der Waals surface area (Å²) in [6.07, 6.45) is 0. The third kappa shape index (κ3) is 1.87. The number of anilines is 1. The minimum Gasteiger partial charge on any atom is -0.398 e. The minimum absolute atomic E-state index is 0.0253. The van der Waals surface area contributed by atoms with Gasteiger partial charge in [-0.1, -0.05) is 6.07 Å². The fourth-order valence-corrected chi connectivity index (χ4v) is 1.23. The Morgan fingerprint density at radius 2 is 2.14 bits per heavy atom. The Morgan fingerprint density at radius 3 is 2.71 bits per heavy atom. The molecule has 0 atom stereocenters. The zero-order valence-corrected chi connectivity index (χ0v) is 8.87. The van der Waals surface area contributed by atoms with Crippen LogP contribution in [0.4, 0.5) is 5.69 Å². The molecule has 3 nitrogen and oxygen atoms in total. The van der Waals surface area contributed by atoms with Gasteiger partial charge >= 0.3 is 0 Å². The van der Waals surface area contributed by atoms with Crippen molar-refractivity contribution in [2.24, 2.45) is 0 Å². The molecule has 2 N–H and O–H groups in total. The molecule has 0 bridgehead atoms. The molecule has 0 fully saturated rings. The van der Waals surface area contributed by atoms with Crippen molar-refractivity contribution in [1.29, 1.82) is 0 Å². The molecule has 0 aliphatic carbocycles. The molecule has 0 heterocycles. The van der Waals surface area contributed by atoms with Crippen LogP contribution in [0.1, 0.15) is 22.8 Å². The van der Waals surface area contributed by atoms with E-state index in [1.807, 2.05) is 13.8 Å². The van der Waals surface area contributed by atoms with Gasteiger partial charge in [-0.05, 0) is 31.5 Å². The molecule has 14 heavy (non-hydrogen) atoms. The zero-order chi connectivity index (χ0) is 10.7. The fraction of sp³-hybridized carbons (Fsp3) is 0.364. The van der Waals surface area contributed by atoms with Crippen molar-refractivity contribution in [1.82, 2.24) is 4.90 Å². The van der Waals surface area contributed by atoms with E-state index in [0.29, 0.717) is 17.8 Å². The lowest BCUT2D eigenvalue weighted by molar-refractivity contribution is 0.0802. The lowest BCUT2D eigenvalue weighted by Crippen LogP contribution is -2.27. The molecule has 0 saturated heterocycles. The summed E-state index contributed by atoms with van der Waals surface area (Å²) in [7, 11) is 1.78. The first-order valence-corrected chi connectivity index (χ1v) is 4.68. The van der Waals surface area contributed by atoms with Crippen molar-refractivity contribution >= 4 is 11.6 Å². The third-order valence-corrected chi connectivity index (χ3v) is 2.43. The van der Waals surface area contributed by atoms with Crippen LogP contribution in [-0.2, 0) is 0 Å². The number of rotatable bonds is 2. The first-order chi connectivity index (χ1) is 6.57. The summed E-state index contributed by atoms with van der Waals surface area (Å²) in [6.45, 7) is 4.51. The van der Waals surface area contributed by atoms with Crippen LogP contribution in [0.3, 0.4) is 0 Å². The van der Waals surface area contributed by atoms with Gasteiger partial charge in [0.2, 0.25) is 0 Å². The Hall–Kier alpha value is -1.51. The molecule has 0 radical (unpaired) electrons. The van der Waals surface area contributed by atoms with Crippen LogP contribution in [-0.4, -0.2) is 24.4 Å². The Bertz CT molecular complexity index is 347. The molecule has 1 aromatic rings. The van der Waals surface area contributed by atoms with E-state index >= 15 is 0 Å². The van der Waals surface area contributed by atoms with E-state index in [9.17, 15) is 4.79 Å². The van der Waals surface area contributed by atoms with Gasteiger partial charge in [0.1, 0.15) is 0 Å². The zero-order valence-electron chi connectivity index (χ0n) is 8.87. The van der Waals surface area contributed by atoms with Crippen LogP contribution in [0, 0.1) is 6.92 Å². The minimum atomic E-state index is 0.0253. The normalized spacial score (nSPS) is 9.93. The number of nitrogen functional groups attached to an aromatic ring is 1. The van der Waals surface area contributed by atoms with E-state index in [0.717, 1.165) is 5.56 Å². The molecule has 1 aromatic carbocycles. The number of carbonyl (C=O) groups is 1. The Balaban J connectivity index is 3.07. The van der Waals surface area contributed by atoms with Gasteiger partial charge in [0, 0.05) is 24.8 Å². The van der Waals surface area contributed by atoms with Crippen LogP contribution < -0.4 is 5.73 Å². The number of nitrogens with zero attached hydrogens (tertiary/aromatic N) is 1. The van der Waals surface area contributed by atoms with E-state index in [2.05, 4.69) is 0 Å². The first kappa shape index (κ1) is 10.6. The van der Waals surface area contributed by atoms with Gasteiger partial charge in [-0.25, -0.2) is 0 Å². The second kappa shape index (κ2) is 4.13. The quantitative estimate of drug-likeness (QED) is 0.724. The van der Waals surface area contributed by atoms with Gasteiger partial charge in [0.05, 0.1) is 0 Å². The van der Waals surface area contributed by atoms with Crippen molar-refractivity contribution in [2.45, 2.75) is 13.8 Å². The summed E-state index contributed by atoms with van der Waals surface area (Å²) in [4.78, 5) is 13.5. The van der Waals surface area contributed by atoms with Crippen LogP contribution in [0.5, 0.6) is 0 Å². The average molecular weight is 192 g/mol. The molecule has 1 amide bonds. The largest absolute Gasteiger partial charge is 0.398 e. The summed E-state index contributed by atoms with van der Waals surface area (Å²) in [5.74, 6) is 0.0253. The van der Waals surface area contributed by atoms with E-state index < -0.39 is 0 Å². The van der Waals surface area contributed by atoms with Crippen molar-refractivity contribution < 1.29 is 4.79 Å². The maximum absolute atomic E-state index is 11.8. The van der Waals surface area contributed by atoms with Gasteiger partial charge in [-0.2, -0.15) is 0 Å². The second-order valence-corrected chi connectivity index (χ2v) is 3.34. The summed E-state index contributed by atoms with van der Waals surface area (Å²) in [6, 6.07) is 5.41. The predicted octanol–water partition coefficient (Wildman–Crippen LogP) is 1.67. The Morgan fingerprint density at radius 1 is 1.50 bits per heavy atom. The molecule has 0 unspecified atom stereocenters. The molecular weight excluding hydrogens is 176 g/mol. The number of nitrogens with two attached hydrogens (primary N) is 1. The molecule has 0 spiro atoms. The summed E-state index contributed by atoms with van der Waals surface area (Å²) in [5, 5.41) is 0. The maximum Gasteiger partial charge on any atom is 0.253 e. The Kier molecular flexibility index (Phi) is 3.12. The van der Waals surface area contributed by atoms with E-state index in [1.54, 1.807) is 30.1 Å². The van der Waals surface area contributed by atoms with Crippen molar-refractivity contribution in [2.75, 3.05) is 19.3 Å². The van der Waals surface area contributed by atoms with Gasteiger partial charge in [-0.15, -0.1) is 0 Å². The molecule has 0 aliphatic heterocycles. The van der Waals surface area contributed by atoms with Crippen molar-refractivity contribution in [3.63, 3.8) is 0 Å². The molecule has 0 aliphatic rings. The van der Waals surface area contributed by atoms with Gasteiger partial charge in [0.15, 0.2) is 0 Å². The molecule has 3 heteroatoms. The van der Waals surface area contributed by atoms with Crippen LogP contribution >= 0.6 is 0 Å². The smallest absolute Gasteiger partial charge is 0.253 e. The number of amides is 1. The second-order valence-electron chi connectivity index (χ2n) is 3.34. The lowest BCUT2D eigenvalue weighted by atomic mass is 10.1. The predicted molar refractivity (Wildman–Crippen MR) is 58.2 cm³/mol. The molecule has 76 valence electrons. The lowest BCUT2D eigenvalue weighted by Gasteiger charge is -2.16. The fourth-order valence-electron chi connectivity index (χ4n) is 1.23. The highest BCUT2D eigenvalue weighted by Gasteiger charge is 2.13. The summed E-state index contributed by atoms with van der Waals surface area (Å²) in [5.41, 5.74) is 7.94. The molecule has 0 saturated carbocycles. The van der Waals surface area contributed by atoms with Crippen LogP contribution in [0.25, 0.3) is 0 Å². The summed E-state index contributed by atoms with van der Waals surface area (Å²) >= 11 is 0. The van der Waals surface area contributed by atoms with Crippen LogP contribution in [0.2, 0.25) is 0 Å². The van der Waals surface area contributed by atoms with Gasteiger partial charge < -0.3 is 10.6 Å². The first-order valence-electron chi connectivity index (χ1n) is 4.68. The van der Waals surface area contributed by atoms with E-state index in [-0.39, 0.29) is 5.91 Å². The van der Waals surface area contributed by atoms with Crippen molar-refractivity contribution in [3.8, 4) is 0 Å². The maximum atomic E-state index is 11.8. The molecule has 1 rings (SSSR count). The standard InChI is InChI=1S/C11H16N2O/c1-4-13(3)11(14)9-6-5-7-10(12)8(9)2/h5-7H,4,12H2,1-3H3. The van der Waals surface area contributed by atoms with E-state index in [1.165, 1.54) is 0 Å². The number of benzene rings is 1. The van der Waals surface area contributed by atoms with Gasteiger partial charge in [0.25, 0.3) is 5.91 Å². The number of hydrogen-bond donors (Lipinski definition) is 1. The highest BCUT2D eigenvalue weighted by molar-refractivity contribution is 5.96. The summed E-state index contributed by atoms with van der Waals surface area (Å²) < 4.78 is 0. The molecule has 0 aromatic heterocycles. The van der Waals surface area contributed by atoms with Gasteiger partial charge in [-0.3, -0.25) is 4.79 Å². The van der Waals surface area contributed by atoms with Crippen LogP contribution in [0.15, 0.2) is 18.2 Å². The third-order valence-electron chi connectivity index (χ3n) is 2.43. The SMILES string of the molecule is CCN(C)C(=O)c1cccc(N)c1C. The highest BCUT2D eigenvalue weighted by atomic mass is 16.2. The average Bonchev–Trinajstić information content (AvgIpc) is 2.20. The topological polar surface area (TPSA) is 46.3 Å². The number of carbonyl (C=O) groups excluding carboxylic acids is 1. The Labute approximate surface area is 84.5 Å². The molecular formula is C11H16N2O. The monoisotopic (exact) mass is 192 g/mol. The number of hydrogen-bond acceptors (Lipinski definition) is 2. The highest BCUT2D eigenvalue weighted by Crippen LogP contribution is 2.16.